The van der Waals surface area contributed by atoms with Gasteiger partial charge >= 0.3 is 0 Å². The topological polar surface area (TPSA) is 96.7 Å². The lowest BCUT2D eigenvalue weighted by Crippen LogP contribution is -2.34. The van der Waals surface area contributed by atoms with E-state index in [0.29, 0.717) is 30.1 Å². The SMILES string of the molecule is CCN(CC)CCNC(=O)c1ccc(Nc2cc(Cc3ccccc3OC)n3ncnc3n2)cc1. The molecule has 4 rings (SSSR count). The standard InChI is InChI=1S/C26H31N7O2/c1-4-32(5-2)15-14-27-25(34)19-10-12-21(13-11-19)30-24-17-22(33-26(31-24)28-18-29-33)16-20-8-6-7-9-23(20)35-3/h6-13,17-18H,4-5,14-16H2,1-3H3,(H,27,34)(H,28,29,30,31). The van der Waals surface area contributed by atoms with Gasteiger partial charge in [0, 0.05) is 42.4 Å². The minimum absolute atomic E-state index is 0.0780. The van der Waals surface area contributed by atoms with Gasteiger partial charge in [0.15, 0.2) is 0 Å². The van der Waals surface area contributed by atoms with Crippen LogP contribution in [0, 0.1) is 0 Å². The van der Waals surface area contributed by atoms with Gasteiger partial charge in [-0.1, -0.05) is 32.0 Å². The van der Waals surface area contributed by atoms with E-state index in [2.05, 4.69) is 44.4 Å². The minimum atomic E-state index is -0.0780. The van der Waals surface area contributed by atoms with E-state index in [0.717, 1.165) is 42.3 Å². The highest BCUT2D eigenvalue weighted by Gasteiger charge is 2.12. The molecule has 9 nitrogen and oxygen atoms in total. The van der Waals surface area contributed by atoms with Gasteiger partial charge in [0.2, 0.25) is 0 Å². The first-order chi connectivity index (χ1) is 17.1. The van der Waals surface area contributed by atoms with Crippen molar-refractivity contribution in [2.45, 2.75) is 20.3 Å². The molecule has 0 bridgehead atoms. The summed E-state index contributed by atoms with van der Waals surface area (Å²) in [7, 11) is 1.67. The van der Waals surface area contributed by atoms with Crippen LogP contribution in [0.15, 0.2) is 60.9 Å². The highest BCUT2D eigenvalue weighted by Crippen LogP contribution is 2.23. The summed E-state index contributed by atoms with van der Waals surface area (Å²) in [4.78, 5) is 23.6. The first-order valence-corrected chi connectivity index (χ1v) is 11.8. The zero-order valence-electron chi connectivity index (χ0n) is 20.4. The van der Waals surface area contributed by atoms with Crippen LogP contribution in [0.4, 0.5) is 11.5 Å². The van der Waals surface area contributed by atoms with Crippen molar-refractivity contribution in [2.75, 3.05) is 38.6 Å². The molecule has 0 unspecified atom stereocenters. The lowest BCUT2D eigenvalue weighted by molar-refractivity contribution is 0.0949. The quantitative estimate of drug-likeness (QED) is 0.344. The summed E-state index contributed by atoms with van der Waals surface area (Å²) in [6, 6.07) is 17.2. The van der Waals surface area contributed by atoms with Crippen molar-refractivity contribution in [2.24, 2.45) is 0 Å². The molecule has 0 saturated carbocycles. The van der Waals surface area contributed by atoms with Gasteiger partial charge in [0.25, 0.3) is 11.7 Å². The number of aromatic nitrogens is 4. The van der Waals surface area contributed by atoms with Crippen LogP contribution < -0.4 is 15.4 Å². The van der Waals surface area contributed by atoms with E-state index in [1.54, 1.807) is 23.8 Å². The van der Waals surface area contributed by atoms with E-state index in [1.807, 2.05) is 42.5 Å². The second kappa shape index (κ2) is 11.4. The van der Waals surface area contributed by atoms with Crippen molar-refractivity contribution >= 4 is 23.2 Å². The van der Waals surface area contributed by atoms with Crippen LogP contribution in [-0.2, 0) is 6.42 Å². The highest BCUT2D eigenvalue weighted by molar-refractivity contribution is 5.94. The fraction of sp³-hybridized carbons (Fsp3) is 0.308. The predicted molar refractivity (Wildman–Crippen MR) is 136 cm³/mol. The second-order valence-electron chi connectivity index (χ2n) is 8.08. The normalized spacial score (nSPS) is 11.1. The third-order valence-corrected chi connectivity index (χ3v) is 5.92. The van der Waals surface area contributed by atoms with Crippen molar-refractivity contribution in [3.05, 3.63) is 77.7 Å². The maximum Gasteiger partial charge on any atom is 0.254 e. The van der Waals surface area contributed by atoms with E-state index in [4.69, 9.17) is 4.74 Å². The predicted octanol–water partition coefficient (Wildman–Crippen LogP) is 3.54. The van der Waals surface area contributed by atoms with Gasteiger partial charge in [-0.2, -0.15) is 15.1 Å². The molecule has 0 atom stereocenters. The smallest absolute Gasteiger partial charge is 0.254 e. The number of ether oxygens (including phenoxy) is 1. The maximum absolute atomic E-state index is 12.5. The number of fused-ring (bicyclic) bond motifs is 1. The number of anilines is 2. The number of carbonyl (C=O) groups is 1. The summed E-state index contributed by atoms with van der Waals surface area (Å²) in [5.41, 5.74) is 3.40. The van der Waals surface area contributed by atoms with Crippen LogP contribution in [0.5, 0.6) is 5.75 Å². The van der Waals surface area contributed by atoms with Crippen molar-refractivity contribution in [1.29, 1.82) is 0 Å². The third-order valence-electron chi connectivity index (χ3n) is 5.92. The van der Waals surface area contributed by atoms with Crippen LogP contribution in [0.2, 0.25) is 0 Å². The zero-order chi connectivity index (χ0) is 24.6. The van der Waals surface area contributed by atoms with Gasteiger partial charge in [-0.25, -0.2) is 4.52 Å². The van der Waals surface area contributed by atoms with Crippen LogP contribution in [0.3, 0.4) is 0 Å². The first-order valence-electron chi connectivity index (χ1n) is 11.8. The third kappa shape index (κ3) is 5.93. The summed E-state index contributed by atoms with van der Waals surface area (Å²) >= 11 is 0. The Hall–Kier alpha value is -3.98. The molecule has 1 amide bonds. The number of carbonyl (C=O) groups excluding carboxylic acids is 1. The van der Waals surface area contributed by atoms with Gasteiger partial charge in [-0.15, -0.1) is 0 Å². The van der Waals surface area contributed by atoms with E-state index < -0.39 is 0 Å². The van der Waals surface area contributed by atoms with Gasteiger partial charge < -0.3 is 20.3 Å². The van der Waals surface area contributed by atoms with Gasteiger partial charge in [0.05, 0.1) is 12.8 Å². The molecule has 2 N–H and O–H groups in total. The van der Waals surface area contributed by atoms with Crippen molar-refractivity contribution in [3.63, 3.8) is 0 Å². The van der Waals surface area contributed by atoms with E-state index in [9.17, 15) is 4.79 Å². The Morgan fingerprint density at radius 3 is 2.60 bits per heavy atom. The van der Waals surface area contributed by atoms with Crippen LogP contribution >= 0.6 is 0 Å². The second-order valence-corrected chi connectivity index (χ2v) is 8.08. The molecule has 9 heteroatoms. The molecule has 0 aliphatic heterocycles. The van der Waals surface area contributed by atoms with E-state index in [-0.39, 0.29) is 5.91 Å². The van der Waals surface area contributed by atoms with Gasteiger partial charge in [-0.3, -0.25) is 4.79 Å². The summed E-state index contributed by atoms with van der Waals surface area (Å²) in [6.07, 6.45) is 2.10. The number of para-hydroxylation sites is 1. The number of methoxy groups -OCH3 is 1. The monoisotopic (exact) mass is 473 g/mol. The van der Waals surface area contributed by atoms with Crippen LogP contribution in [-0.4, -0.2) is 63.7 Å². The fourth-order valence-corrected chi connectivity index (χ4v) is 3.93. The molecule has 2 heterocycles. The Morgan fingerprint density at radius 2 is 1.86 bits per heavy atom. The first kappa shape index (κ1) is 24.2. The van der Waals surface area contributed by atoms with E-state index >= 15 is 0 Å². The largest absolute Gasteiger partial charge is 0.496 e. The van der Waals surface area contributed by atoms with Crippen molar-refractivity contribution in [1.82, 2.24) is 29.8 Å². The molecule has 2 aromatic carbocycles. The Kier molecular flexibility index (Phi) is 7.89. The molecule has 0 spiro atoms. The number of benzene rings is 2. The summed E-state index contributed by atoms with van der Waals surface area (Å²) in [6.45, 7) is 7.65. The Labute approximate surface area is 205 Å². The number of nitrogens with zero attached hydrogens (tertiary/aromatic N) is 5. The molecule has 182 valence electrons. The Morgan fingerprint density at radius 1 is 1.09 bits per heavy atom. The summed E-state index contributed by atoms with van der Waals surface area (Å²) < 4.78 is 7.23. The molecule has 0 aliphatic carbocycles. The average molecular weight is 474 g/mol. The Balaban J connectivity index is 1.46. The zero-order valence-corrected chi connectivity index (χ0v) is 20.4. The summed E-state index contributed by atoms with van der Waals surface area (Å²) in [5, 5.41) is 10.6. The summed E-state index contributed by atoms with van der Waals surface area (Å²) in [5.74, 6) is 1.89. The lowest BCUT2D eigenvalue weighted by atomic mass is 10.1. The molecule has 0 saturated heterocycles. The number of hydrogen-bond donors (Lipinski definition) is 2. The number of amides is 1. The number of hydrogen-bond acceptors (Lipinski definition) is 7. The molecule has 0 radical (unpaired) electrons. The minimum Gasteiger partial charge on any atom is -0.496 e. The van der Waals surface area contributed by atoms with Crippen molar-refractivity contribution in [3.8, 4) is 5.75 Å². The fourth-order valence-electron chi connectivity index (χ4n) is 3.93. The van der Waals surface area contributed by atoms with Crippen LogP contribution in [0.25, 0.3) is 5.78 Å². The molecule has 0 fully saturated rings. The lowest BCUT2D eigenvalue weighted by Gasteiger charge is -2.18. The maximum atomic E-state index is 12.5. The average Bonchev–Trinajstić information content (AvgIpc) is 3.36. The molecule has 0 aliphatic rings. The molecule has 4 aromatic rings. The molecular weight excluding hydrogens is 442 g/mol. The van der Waals surface area contributed by atoms with E-state index in [1.165, 1.54) is 6.33 Å². The number of rotatable bonds is 11. The van der Waals surface area contributed by atoms with Gasteiger partial charge in [0.1, 0.15) is 17.9 Å². The molecular formula is C26H31N7O2. The molecule has 35 heavy (non-hydrogen) atoms. The Bertz CT molecular complexity index is 1270. The highest BCUT2D eigenvalue weighted by atomic mass is 16.5. The number of likely N-dealkylation sites (N-methyl/N-ethyl adjacent to an activating group) is 1. The van der Waals surface area contributed by atoms with Crippen LogP contribution in [0.1, 0.15) is 35.5 Å². The van der Waals surface area contributed by atoms with Gasteiger partial charge in [-0.05, 0) is 43.4 Å². The number of nitrogens with one attached hydrogen (secondary N) is 2. The molecule has 2 aromatic heterocycles. The van der Waals surface area contributed by atoms with Crippen molar-refractivity contribution < 1.29 is 9.53 Å².